The first-order chi connectivity index (χ1) is 13.4. The van der Waals surface area contributed by atoms with Crippen LogP contribution in [0.5, 0.6) is 11.5 Å². The minimum atomic E-state index is -1.02. The van der Waals surface area contributed by atoms with Crippen molar-refractivity contribution in [1.82, 2.24) is 4.98 Å². The number of anilines is 1. The summed E-state index contributed by atoms with van der Waals surface area (Å²) in [6.07, 6.45) is -0.289. The van der Waals surface area contributed by atoms with Crippen LogP contribution in [0.2, 0.25) is 0 Å². The number of ether oxygens (including phenoxy) is 2. The second-order valence-electron chi connectivity index (χ2n) is 6.03. The summed E-state index contributed by atoms with van der Waals surface area (Å²) < 4.78 is 11.0. The smallest absolute Gasteiger partial charge is 0.366 e. The van der Waals surface area contributed by atoms with Gasteiger partial charge in [-0.2, -0.15) is 0 Å². The number of carbonyl (C=O) groups is 2. The van der Waals surface area contributed by atoms with Gasteiger partial charge in [0.25, 0.3) is 11.7 Å². The molecule has 1 N–H and O–H groups in total. The molecule has 0 fully saturated rings. The number of nitro groups is 1. The summed E-state index contributed by atoms with van der Waals surface area (Å²) in [5.74, 6) is -0.811. The first-order valence-electron chi connectivity index (χ1n) is 8.46. The van der Waals surface area contributed by atoms with Crippen LogP contribution in [-0.2, 0) is 4.79 Å². The lowest BCUT2D eigenvalue weighted by Crippen LogP contribution is -2.45. The summed E-state index contributed by atoms with van der Waals surface area (Å²) in [5.41, 5.74) is 0.157. The van der Waals surface area contributed by atoms with Gasteiger partial charge in [-0.05, 0) is 53.6 Å². The van der Waals surface area contributed by atoms with E-state index in [4.69, 9.17) is 14.6 Å². The van der Waals surface area contributed by atoms with Crippen LogP contribution >= 0.6 is 0 Å². The van der Waals surface area contributed by atoms with Gasteiger partial charge in [-0.1, -0.05) is 0 Å². The number of aromatic carboxylic acids is 1. The summed E-state index contributed by atoms with van der Waals surface area (Å²) in [6.45, 7) is 2.09. The molecule has 146 valence electrons. The number of carbonyl (C=O) groups excluding carboxylic acids is 1. The van der Waals surface area contributed by atoms with Crippen molar-refractivity contribution in [3.63, 3.8) is 0 Å². The number of carboxylic acids is 1. The zero-order valence-corrected chi connectivity index (χ0v) is 14.9. The third-order valence-electron chi connectivity index (χ3n) is 4.08. The summed E-state index contributed by atoms with van der Waals surface area (Å²) in [7, 11) is 0. The average molecular weight is 387 g/mol. The van der Waals surface area contributed by atoms with Crippen LogP contribution in [0.4, 0.5) is 11.6 Å². The number of carboxylic acid groups (broad SMARTS) is 1. The van der Waals surface area contributed by atoms with E-state index in [-0.39, 0.29) is 36.3 Å². The van der Waals surface area contributed by atoms with Crippen molar-refractivity contribution in [3.8, 4) is 11.5 Å². The predicted octanol–water partition coefficient (Wildman–Crippen LogP) is 2.27. The largest absolute Gasteiger partial charge is 0.494 e. The van der Waals surface area contributed by atoms with Crippen LogP contribution in [0.1, 0.15) is 23.7 Å². The van der Waals surface area contributed by atoms with Crippen molar-refractivity contribution < 1.29 is 29.1 Å². The molecule has 0 saturated carbocycles. The zero-order chi connectivity index (χ0) is 20.3. The van der Waals surface area contributed by atoms with Crippen molar-refractivity contribution in [2.24, 2.45) is 0 Å². The van der Waals surface area contributed by atoms with Gasteiger partial charge in [0, 0.05) is 12.6 Å². The number of rotatable bonds is 7. The van der Waals surface area contributed by atoms with Crippen LogP contribution in [0.3, 0.4) is 0 Å². The molecule has 0 bridgehead atoms. The van der Waals surface area contributed by atoms with Gasteiger partial charge < -0.3 is 24.7 Å². The summed E-state index contributed by atoms with van der Waals surface area (Å²) in [5, 5.41) is 19.8. The Morgan fingerprint density at radius 1 is 1.32 bits per heavy atom. The zero-order valence-electron chi connectivity index (χ0n) is 14.9. The van der Waals surface area contributed by atoms with E-state index in [0.717, 1.165) is 0 Å². The van der Waals surface area contributed by atoms with E-state index >= 15 is 0 Å². The highest BCUT2D eigenvalue weighted by molar-refractivity contribution is 5.98. The molecule has 10 heteroatoms. The van der Waals surface area contributed by atoms with Gasteiger partial charge in [0.2, 0.25) is 0 Å². The maximum Gasteiger partial charge on any atom is 0.366 e. The number of hydrogen-bond acceptors (Lipinski definition) is 7. The standard InChI is InChI=1S/C18H17N3O7/c1-11-17(22)20(16-14(28-11)7-8-15(19-16)21(25)26)9-2-10-27-13-5-3-12(4-6-13)18(23)24/h3-8,11H,2,9-10H2,1H3,(H,23,24). The maximum atomic E-state index is 12.4. The van der Waals surface area contributed by atoms with Crippen LogP contribution in [0, 0.1) is 10.1 Å². The molecule has 1 amide bonds. The molecule has 2 heterocycles. The summed E-state index contributed by atoms with van der Waals surface area (Å²) in [4.78, 5) is 38.9. The maximum absolute atomic E-state index is 12.4. The molecule has 1 aromatic carbocycles. The molecule has 0 saturated heterocycles. The van der Waals surface area contributed by atoms with E-state index in [0.29, 0.717) is 17.9 Å². The molecular weight excluding hydrogens is 370 g/mol. The fourth-order valence-electron chi connectivity index (χ4n) is 2.70. The quantitative estimate of drug-likeness (QED) is 0.435. The van der Waals surface area contributed by atoms with Gasteiger partial charge in [-0.25, -0.2) is 4.79 Å². The van der Waals surface area contributed by atoms with Crippen molar-refractivity contribution in [3.05, 3.63) is 52.1 Å². The molecule has 1 aromatic heterocycles. The van der Waals surface area contributed by atoms with Gasteiger partial charge >= 0.3 is 11.8 Å². The Kier molecular flexibility index (Phi) is 5.39. The minimum absolute atomic E-state index is 0.114. The average Bonchev–Trinajstić information content (AvgIpc) is 2.67. The van der Waals surface area contributed by atoms with Crippen molar-refractivity contribution in [1.29, 1.82) is 0 Å². The van der Waals surface area contributed by atoms with Crippen LogP contribution < -0.4 is 14.4 Å². The Balaban J connectivity index is 1.65. The fourth-order valence-corrected chi connectivity index (χ4v) is 2.70. The fraction of sp³-hybridized carbons (Fsp3) is 0.278. The highest BCUT2D eigenvalue weighted by Gasteiger charge is 2.36. The molecule has 1 aliphatic heterocycles. The van der Waals surface area contributed by atoms with E-state index in [1.165, 1.54) is 29.2 Å². The molecule has 0 aliphatic carbocycles. The molecule has 1 unspecified atom stereocenters. The van der Waals surface area contributed by atoms with E-state index in [2.05, 4.69) is 4.98 Å². The number of hydrogen-bond donors (Lipinski definition) is 1. The van der Waals surface area contributed by atoms with Crippen LogP contribution in [0.25, 0.3) is 0 Å². The van der Waals surface area contributed by atoms with Crippen molar-refractivity contribution in [2.75, 3.05) is 18.1 Å². The first-order valence-corrected chi connectivity index (χ1v) is 8.46. The molecule has 0 spiro atoms. The molecule has 10 nitrogen and oxygen atoms in total. The minimum Gasteiger partial charge on any atom is -0.494 e. The molecule has 3 rings (SSSR count). The van der Waals surface area contributed by atoms with Crippen LogP contribution in [0.15, 0.2) is 36.4 Å². The van der Waals surface area contributed by atoms with Gasteiger partial charge in [0.15, 0.2) is 11.9 Å². The Bertz CT molecular complexity index is 914. The Morgan fingerprint density at radius 2 is 2.04 bits per heavy atom. The van der Waals surface area contributed by atoms with Crippen molar-refractivity contribution in [2.45, 2.75) is 19.4 Å². The Hall–Kier alpha value is -3.69. The van der Waals surface area contributed by atoms with Gasteiger partial charge in [0.1, 0.15) is 5.75 Å². The normalized spacial score (nSPS) is 15.5. The Labute approximate surface area is 159 Å². The molecule has 28 heavy (non-hydrogen) atoms. The third kappa shape index (κ3) is 4.00. The van der Waals surface area contributed by atoms with Gasteiger partial charge in [0.05, 0.1) is 12.2 Å². The highest BCUT2D eigenvalue weighted by Crippen LogP contribution is 2.34. The lowest BCUT2D eigenvalue weighted by atomic mass is 10.2. The molecular formula is C18H17N3O7. The highest BCUT2D eigenvalue weighted by atomic mass is 16.6. The summed E-state index contributed by atoms with van der Waals surface area (Å²) in [6, 6.07) is 8.62. The second-order valence-corrected chi connectivity index (χ2v) is 6.03. The third-order valence-corrected chi connectivity index (χ3v) is 4.08. The molecule has 1 aliphatic rings. The van der Waals surface area contributed by atoms with E-state index in [1.807, 2.05) is 0 Å². The number of fused-ring (bicyclic) bond motifs is 1. The lowest BCUT2D eigenvalue weighted by molar-refractivity contribution is -0.389. The monoisotopic (exact) mass is 387 g/mol. The SMILES string of the molecule is CC1Oc2ccc([N+](=O)[O-])nc2N(CCCOc2ccc(C(=O)O)cc2)C1=O. The lowest BCUT2D eigenvalue weighted by Gasteiger charge is -2.29. The summed E-state index contributed by atoms with van der Waals surface area (Å²) >= 11 is 0. The molecule has 2 aromatic rings. The van der Waals surface area contributed by atoms with E-state index in [9.17, 15) is 19.7 Å². The van der Waals surface area contributed by atoms with Gasteiger partial charge in [-0.3, -0.25) is 9.69 Å². The first kappa shape index (κ1) is 19.1. The van der Waals surface area contributed by atoms with E-state index < -0.39 is 17.0 Å². The second kappa shape index (κ2) is 7.91. The number of benzene rings is 1. The van der Waals surface area contributed by atoms with Gasteiger partial charge in [-0.15, -0.1) is 0 Å². The predicted molar refractivity (Wildman–Crippen MR) is 96.8 cm³/mol. The van der Waals surface area contributed by atoms with Crippen LogP contribution in [-0.4, -0.2) is 46.1 Å². The Morgan fingerprint density at radius 3 is 2.68 bits per heavy atom. The van der Waals surface area contributed by atoms with E-state index in [1.54, 1.807) is 19.1 Å². The number of nitrogens with zero attached hydrogens (tertiary/aromatic N) is 3. The number of amides is 1. The number of aromatic nitrogens is 1. The number of pyridine rings is 1. The molecule has 1 atom stereocenters. The molecule has 0 radical (unpaired) electrons. The topological polar surface area (TPSA) is 132 Å². The van der Waals surface area contributed by atoms with Crippen molar-refractivity contribution >= 4 is 23.5 Å².